The molecule has 2 aromatic carbocycles. The molecule has 5 nitrogen and oxygen atoms in total. The molecular weight excluding hydrogens is 460 g/mol. The van der Waals surface area contributed by atoms with Gasteiger partial charge >= 0.3 is 6.03 Å². The number of anilines is 1. The van der Waals surface area contributed by atoms with E-state index in [9.17, 15) is 4.79 Å². The van der Waals surface area contributed by atoms with E-state index in [-0.39, 0.29) is 23.7 Å². The van der Waals surface area contributed by atoms with Gasteiger partial charge in [-0.3, -0.25) is 0 Å². The second-order valence-corrected chi connectivity index (χ2v) is 11.9. The van der Waals surface area contributed by atoms with Gasteiger partial charge in [-0.15, -0.1) is 0 Å². The van der Waals surface area contributed by atoms with Crippen molar-refractivity contribution in [3.8, 4) is 5.75 Å². The molecule has 2 amide bonds. The summed E-state index contributed by atoms with van der Waals surface area (Å²) in [5, 5.41) is 3.29. The molecule has 0 saturated carbocycles. The Balaban J connectivity index is 2.24. The van der Waals surface area contributed by atoms with E-state index in [0.717, 1.165) is 42.0 Å². The van der Waals surface area contributed by atoms with Gasteiger partial charge in [0.25, 0.3) is 0 Å². The minimum absolute atomic E-state index is 0.000836. The fourth-order valence-corrected chi connectivity index (χ4v) is 4.23. The monoisotopic (exact) mass is 510 g/mol. The van der Waals surface area contributed by atoms with Gasteiger partial charge < -0.3 is 19.7 Å². The minimum atomic E-state index is -0.0820. The molecule has 0 fully saturated rings. The third-order valence-electron chi connectivity index (χ3n) is 6.56. The molecule has 0 unspecified atom stereocenters. The zero-order valence-electron chi connectivity index (χ0n) is 24.6. The number of rotatable bonds is 13. The van der Waals surface area contributed by atoms with Crippen LogP contribution in [0.3, 0.4) is 0 Å². The first-order valence-corrected chi connectivity index (χ1v) is 14.0. The van der Waals surface area contributed by atoms with Crippen molar-refractivity contribution in [1.29, 1.82) is 0 Å². The van der Waals surface area contributed by atoms with Crippen LogP contribution in [0.5, 0.6) is 5.75 Å². The van der Waals surface area contributed by atoms with E-state index in [0.29, 0.717) is 13.2 Å². The Bertz CT molecular complexity index is 955. The number of hydrogen-bond acceptors (Lipinski definition) is 3. The average molecular weight is 511 g/mol. The van der Waals surface area contributed by atoms with Gasteiger partial charge in [-0.25, -0.2) is 4.79 Å². The SMILES string of the molecule is CCCCCCCN(Cc1ccc(OCOCC)cc1)C(=O)Nc1cc(C(C)(C)C)ccc1C(C)(C)C. The van der Waals surface area contributed by atoms with Crippen LogP contribution in [0.4, 0.5) is 10.5 Å². The highest BCUT2D eigenvalue weighted by Gasteiger charge is 2.24. The van der Waals surface area contributed by atoms with Gasteiger partial charge in [0.2, 0.25) is 0 Å². The number of nitrogens with one attached hydrogen (secondary N) is 1. The van der Waals surface area contributed by atoms with Gasteiger partial charge in [-0.05, 0) is 59.1 Å². The van der Waals surface area contributed by atoms with E-state index >= 15 is 0 Å². The highest BCUT2D eigenvalue weighted by molar-refractivity contribution is 5.90. The van der Waals surface area contributed by atoms with Crippen molar-refractivity contribution in [3.05, 3.63) is 59.2 Å². The Labute approximate surface area is 225 Å². The van der Waals surface area contributed by atoms with Crippen molar-refractivity contribution < 1.29 is 14.3 Å². The predicted molar refractivity (Wildman–Crippen MR) is 156 cm³/mol. The second kappa shape index (κ2) is 14.4. The molecule has 0 radical (unpaired) electrons. The predicted octanol–water partition coefficient (Wildman–Crippen LogP) is 8.66. The van der Waals surface area contributed by atoms with Crippen molar-refractivity contribution in [3.63, 3.8) is 0 Å². The number of unbranched alkanes of at least 4 members (excludes halogenated alkanes) is 4. The van der Waals surface area contributed by atoms with Crippen molar-refractivity contribution in [2.75, 3.05) is 25.3 Å². The Hall–Kier alpha value is -2.53. The topological polar surface area (TPSA) is 50.8 Å². The summed E-state index contributed by atoms with van der Waals surface area (Å²) in [6.07, 6.45) is 5.79. The van der Waals surface area contributed by atoms with Crippen molar-refractivity contribution in [2.45, 2.75) is 105 Å². The lowest BCUT2D eigenvalue weighted by Crippen LogP contribution is -2.36. The summed E-state index contributed by atoms with van der Waals surface area (Å²) in [5.41, 5.74) is 4.26. The number of ether oxygens (including phenoxy) is 2. The number of nitrogens with zero attached hydrogens (tertiary/aromatic N) is 1. The molecule has 0 saturated heterocycles. The van der Waals surface area contributed by atoms with Crippen LogP contribution in [0.2, 0.25) is 0 Å². The summed E-state index contributed by atoms with van der Waals surface area (Å²) in [4.78, 5) is 15.6. The Morgan fingerprint density at radius 1 is 0.865 bits per heavy atom. The molecular formula is C32H50N2O3. The fraction of sp³-hybridized carbons (Fsp3) is 0.594. The molecule has 0 aliphatic rings. The van der Waals surface area contributed by atoms with Crippen LogP contribution in [0.1, 0.15) is 104 Å². The number of hydrogen-bond donors (Lipinski definition) is 1. The number of carbonyl (C=O) groups is 1. The molecule has 0 bridgehead atoms. The van der Waals surface area contributed by atoms with Gasteiger partial charge in [-0.2, -0.15) is 0 Å². The summed E-state index contributed by atoms with van der Waals surface area (Å²) < 4.78 is 10.9. The molecule has 0 aliphatic heterocycles. The van der Waals surface area contributed by atoms with Crippen LogP contribution in [0.25, 0.3) is 0 Å². The lowest BCUT2D eigenvalue weighted by molar-refractivity contribution is 0.0224. The number of amides is 2. The maximum absolute atomic E-state index is 13.7. The molecule has 37 heavy (non-hydrogen) atoms. The average Bonchev–Trinajstić information content (AvgIpc) is 2.83. The van der Waals surface area contributed by atoms with Gasteiger partial charge in [0.15, 0.2) is 6.79 Å². The van der Waals surface area contributed by atoms with E-state index in [1.165, 1.54) is 24.8 Å². The third kappa shape index (κ3) is 10.4. The molecule has 0 spiro atoms. The number of carbonyl (C=O) groups excluding carboxylic acids is 1. The minimum Gasteiger partial charge on any atom is -0.468 e. The van der Waals surface area contributed by atoms with Gasteiger partial charge in [0.05, 0.1) is 0 Å². The summed E-state index contributed by atoms with van der Waals surface area (Å²) in [6.45, 7) is 19.5. The molecule has 0 aliphatic carbocycles. The van der Waals surface area contributed by atoms with E-state index in [4.69, 9.17) is 9.47 Å². The first-order valence-electron chi connectivity index (χ1n) is 14.0. The van der Waals surface area contributed by atoms with Gasteiger partial charge in [-0.1, -0.05) is 98.4 Å². The van der Waals surface area contributed by atoms with E-state index in [1.54, 1.807) is 0 Å². The number of urea groups is 1. The van der Waals surface area contributed by atoms with Gasteiger partial charge in [0.1, 0.15) is 5.75 Å². The van der Waals surface area contributed by atoms with E-state index in [2.05, 4.69) is 72.0 Å². The highest BCUT2D eigenvalue weighted by Crippen LogP contribution is 2.34. The Morgan fingerprint density at radius 3 is 2.14 bits per heavy atom. The summed E-state index contributed by atoms with van der Waals surface area (Å²) in [6, 6.07) is 14.4. The molecule has 2 aromatic rings. The summed E-state index contributed by atoms with van der Waals surface area (Å²) in [7, 11) is 0. The van der Waals surface area contributed by atoms with Crippen LogP contribution in [0, 0.1) is 0 Å². The molecule has 1 N–H and O–H groups in total. The lowest BCUT2D eigenvalue weighted by Gasteiger charge is -2.29. The Kier molecular flexibility index (Phi) is 12.0. The maximum Gasteiger partial charge on any atom is 0.322 e. The third-order valence-corrected chi connectivity index (χ3v) is 6.56. The molecule has 206 valence electrons. The van der Waals surface area contributed by atoms with Crippen LogP contribution in [0.15, 0.2) is 42.5 Å². The first-order chi connectivity index (χ1) is 17.5. The van der Waals surface area contributed by atoms with E-state index < -0.39 is 0 Å². The van der Waals surface area contributed by atoms with Crippen LogP contribution < -0.4 is 10.1 Å². The van der Waals surface area contributed by atoms with Crippen LogP contribution in [-0.2, 0) is 22.1 Å². The van der Waals surface area contributed by atoms with Gasteiger partial charge in [0, 0.05) is 25.4 Å². The number of benzene rings is 2. The quantitative estimate of drug-likeness (QED) is 0.217. The first kappa shape index (κ1) is 30.7. The molecule has 5 heteroatoms. The molecule has 2 rings (SSSR count). The normalized spacial score (nSPS) is 11.9. The zero-order valence-corrected chi connectivity index (χ0v) is 24.6. The summed E-state index contributed by atoms with van der Waals surface area (Å²) >= 11 is 0. The highest BCUT2D eigenvalue weighted by atomic mass is 16.7. The van der Waals surface area contributed by atoms with Crippen molar-refractivity contribution in [2.24, 2.45) is 0 Å². The fourth-order valence-electron chi connectivity index (χ4n) is 4.23. The zero-order chi connectivity index (χ0) is 27.5. The maximum atomic E-state index is 13.7. The van der Waals surface area contributed by atoms with Crippen LogP contribution >= 0.6 is 0 Å². The molecule has 0 atom stereocenters. The smallest absolute Gasteiger partial charge is 0.322 e. The van der Waals surface area contributed by atoms with Crippen molar-refractivity contribution >= 4 is 11.7 Å². The van der Waals surface area contributed by atoms with E-state index in [1.807, 2.05) is 36.1 Å². The van der Waals surface area contributed by atoms with Crippen LogP contribution in [-0.4, -0.2) is 30.9 Å². The molecule has 0 heterocycles. The summed E-state index contributed by atoms with van der Waals surface area (Å²) in [5.74, 6) is 0.765. The Morgan fingerprint density at radius 2 is 1.54 bits per heavy atom. The standard InChI is InChI=1S/C32H50N2O3/c1-9-11-12-13-14-21-34(23-25-15-18-27(19-16-25)37-24-36-10-2)30(35)33-29-22-26(31(3,4)5)17-20-28(29)32(6,7)8/h15-20,22H,9-14,21,23-24H2,1-8H3,(H,33,35). The molecule has 0 aromatic heterocycles. The largest absolute Gasteiger partial charge is 0.468 e. The van der Waals surface area contributed by atoms with Crippen molar-refractivity contribution in [1.82, 2.24) is 4.90 Å². The second-order valence-electron chi connectivity index (χ2n) is 11.9. The lowest BCUT2D eigenvalue weighted by atomic mass is 9.81.